The van der Waals surface area contributed by atoms with Gasteiger partial charge in [-0.05, 0) is 18.1 Å². The highest BCUT2D eigenvalue weighted by molar-refractivity contribution is 5.57. The highest BCUT2D eigenvalue weighted by Gasteiger charge is 2.20. The first-order chi connectivity index (χ1) is 7.35. The third-order valence-electron chi connectivity index (χ3n) is 2.43. The van der Waals surface area contributed by atoms with E-state index in [0.29, 0.717) is 0 Å². The van der Waals surface area contributed by atoms with Crippen LogP contribution in [0.25, 0.3) is 0 Å². The number of para-hydroxylation sites is 1. The minimum absolute atomic E-state index is 0.781. The van der Waals surface area contributed by atoms with Gasteiger partial charge in [-0.3, -0.25) is 0 Å². The fraction of sp³-hybridized carbons (Fsp3) is 0.273. The molecule has 1 heterocycles. The van der Waals surface area contributed by atoms with E-state index in [1.165, 1.54) is 5.56 Å². The van der Waals surface area contributed by atoms with Crippen LogP contribution in [-0.4, -0.2) is 12.6 Å². The zero-order valence-corrected chi connectivity index (χ0v) is 8.14. The molecule has 0 atom stereocenters. The van der Waals surface area contributed by atoms with Crippen LogP contribution in [0, 0.1) is 22.7 Å². The molecule has 0 spiro atoms. The standard InChI is InChI=1S/C11H10N4/c12-7-10(8-13)14-15-6-5-9-3-1-2-4-11(9)15/h1-4,10,14H,5-6H2. The normalized spacial score (nSPS) is 13.4. The van der Waals surface area contributed by atoms with Crippen LogP contribution in [0.1, 0.15) is 5.56 Å². The molecule has 74 valence electrons. The average molecular weight is 198 g/mol. The van der Waals surface area contributed by atoms with E-state index in [-0.39, 0.29) is 0 Å². The van der Waals surface area contributed by atoms with Gasteiger partial charge in [-0.1, -0.05) is 18.2 Å². The molecule has 0 aromatic heterocycles. The lowest BCUT2D eigenvalue weighted by Crippen LogP contribution is -2.42. The fourth-order valence-corrected chi connectivity index (χ4v) is 1.71. The van der Waals surface area contributed by atoms with E-state index >= 15 is 0 Å². The third kappa shape index (κ3) is 1.76. The average Bonchev–Trinajstić information content (AvgIpc) is 2.69. The summed E-state index contributed by atoms with van der Waals surface area (Å²) in [4.78, 5) is 0. The maximum Gasteiger partial charge on any atom is 0.199 e. The van der Waals surface area contributed by atoms with E-state index in [0.717, 1.165) is 18.7 Å². The Kier molecular flexibility index (Phi) is 2.53. The molecule has 1 aromatic rings. The number of anilines is 1. The van der Waals surface area contributed by atoms with Gasteiger partial charge in [0.15, 0.2) is 6.04 Å². The lowest BCUT2D eigenvalue weighted by Gasteiger charge is -2.20. The third-order valence-corrected chi connectivity index (χ3v) is 2.43. The fourth-order valence-electron chi connectivity index (χ4n) is 1.71. The number of benzene rings is 1. The smallest absolute Gasteiger partial charge is 0.199 e. The number of nitriles is 2. The van der Waals surface area contributed by atoms with E-state index < -0.39 is 6.04 Å². The van der Waals surface area contributed by atoms with Crippen molar-refractivity contribution in [2.45, 2.75) is 12.5 Å². The van der Waals surface area contributed by atoms with Crippen LogP contribution in [0.15, 0.2) is 24.3 Å². The summed E-state index contributed by atoms with van der Waals surface area (Å²) in [5.74, 6) is 0. The maximum absolute atomic E-state index is 8.67. The van der Waals surface area contributed by atoms with Crippen molar-refractivity contribution >= 4 is 5.69 Å². The predicted octanol–water partition coefficient (Wildman–Crippen LogP) is 0.969. The van der Waals surface area contributed by atoms with Crippen molar-refractivity contribution in [3.05, 3.63) is 29.8 Å². The zero-order valence-electron chi connectivity index (χ0n) is 8.14. The second-order valence-corrected chi connectivity index (χ2v) is 3.35. The predicted molar refractivity (Wildman–Crippen MR) is 55.6 cm³/mol. The molecule has 0 amide bonds. The Morgan fingerprint density at radius 1 is 1.27 bits per heavy atom. The van der Waals surface area contributed by atoms with Crippen LogP contribution < -0.4 is 10.4 Å². The molecule has 0 saturated carbocycles. The van der Waals surface area contributed by atoms with Gasteiger partial charge in [-0.25, -0.2) is 5.43 Å². The SMILES string of the molecule is N#CC(C#N)NN1CCc2ccccc21. The van der Waals surface area contributed by atoms with Gasteiger partial charge < -0.3 is 5.01 Å². The van der Waals surface area contributed by atoms with Crippen molar-refractivity contribution in [2.75, 3.05) is 11.6 Å². The van der Waals surface area contributed by atoms with E-state index in [4.69, 9.17) is 10.5 Å². The Hall–Kier alpha value is -2.04. The molecule has 0 bridgehead atoms. The van der Waals surface area contributed by atoms with Gasteiger partial charge in [0.1, 0.15) is 0 Å². The number of nitrogens with zero attached hydrogens (tertiary/aromatic N) is 3. The number of rotatable bonds is 2. The number of nitrogens with one attached hydrogen (secondary N) is 1. The van der Waals surface area contributed by atoms with Crippen LogP contribution in [0.4, 0.5) is 5.69 Å². The van der Waals surface area contributed by atoms with Gasteiger partial charge in [-0.15, -0.1) is 0 Å². The van der Waals surface area contributed by atoms with E-state index in [2.05, 4.69) is 11.5 Å². The van der Waals surface area contributed by atoms with Gasteiger partial charge in [0, 0.05) is 6.54 Å². The summed E-state index contributed by atoms with van der Waals surface area (Å²) in [6, 6.07) is 11.0. The highest BCUT2D eigenvalue weighted by Crippen LogP contribution is 2.25. The molecule has 0 saturated heterocycles. The largest absolute Gasteiger partial charge is 0.306 e. The second-order valence-electron chi connectivity index (χ2n) is 3.35. The summed E-state index contributed by atoms with van der Waals surface area (Å²) in [6.45, 7) is 0.805. The Morgan fingerprint density at radius 2 is 2.00 bits per heavy atom. The lowest BCUT2D eigenvalue weighted by molar-refractivity contribution is 0.643. The van der Waals surface area contributed by atoms with Crippen LogP contribution in [-0.2, 0) is 6.42 Å². The molecule has 1 N–H and O–H groups in total. The lowest BCUT2D eigenvalue weighted by atomic mass is 10.2. The number of hydrogen-bond acceptors (Lipinski definition) is 4. The second kappa shape index (κ2) is 4.00. The molecule has 1 aliphatic rings. The quantitative estimate of drug-likeness (QED) is 0.769. The number of hydrogen-bond donors (Lipinski definition) is 1. The van der Waals surface area contributed by atoms with Crippen molar-refractivity contribution in [3.8, 4) is 12.1 Å². The summed E-state index contributed by atoms with van der Waals surface area (Å²) in [5.41, 5.74) is 5.20. The maximum atomic E-state index is 8.67. The summed E-state index contributed by atoms with van der Waals surface area (Å²) in [7, 11) is 0. The Bertz CT molecular complexity index is 427. The summed E-state index contributed by atoms with van der Waals surface area (Å²) < 4.78 is 0. The highest BCUT2D eigenvalue weighted by atomic mass is 15.5. The van der Waals surface area contributed by atoms with Gasteiger partial charge in [-0.2, -0.15) is 10.5 Å². The first-order valence-corrected chi connectivity index (χ1v) is 4.76. The molecule has 1 aromatic carbocycles. The number of hydrazine groups is 1. The Morgan fingerprint density at radius 3 is 2.73 bits per heavy atom. The summed E-state index contributed by atoms with van der Waals surface area (Å²) in [6.07, 6.45) is 0.951. The molecule has 0 radical (unpaired) electrons. The van der Waals surface area contributed by atoms with Gasteiger partial charge >= 0.3 is 0 Å². The summed E-state index contributed by atoms with van der Waals surface area (Å²) in [5, 5.41) is 19.2. The van der Waals surface area contributed by atoms with Crippen LogP contribution >= 0.6 is 0 Å². The molecule has 4 nitrogen and oxygen atoms in total. The van der Waals surface area contributed by atoms with Crippen molar-refractivity contribution in [2.24, 2.45) is 0 Å². The minimum Gasteiger partial charge on any atom is -0.306 e. The van der Waals surface area contributed by atoms with Crippen molar-refractivity contribution in [1.29, 1.82) is 10.5 Å². The van der Waals surface area contributed by atoms with Gasteiger partial charge in [0.25, 0.3) is 0 Å². The van der Waals surface area contributed by atoms with E-state index in [1.807, 2.05) is 35.3 Å². The van der Waals surface area contributed by atoms with Gasteiger partial charge in [0.05, 0.1) is 17.8 Å². The summed E-state index contributed by atoms with van der Waals surface area (Å²) >= 11 is 0. The van der Waals surface area contributed by atoms with Gasteiger partial charge in [0.2, 0.25) is 0 Å². The molecule has 0 unspecified atom stereocenters. The Labute approximate surface area is 88.3 Å². The Balaban J connectivity index is 2.16. The topological polar surface area (TPSA) is 62.9 Å². The van der Waals surface area contributed by atoms with Crippen molar-refractivity contribution in [1.82, 2.24) is 5.43 Å². The first-order valence-electron chi connectivity index (χ1n) is 4.76. The molecular weight excluding hydrogens is 188 g/mol. The molecule has 0 aliphatic carbocycles. The van der Waals surface area contributed by atoms with Crippen LogP contribution in [0.3, 0.4) is 0 Å². The van der Waals surface area contributed by atoms with E-state index in [9.17, 15) is 0 Å². The molecular formula is C11H10N4. The molecule has 0 fully saturated rings. The minimum atomic E-state index is -0.781. The van der Waals surface area contributed by atoms with Crippen molar-refractivity contribution < 1.29 is 0 Å². The van der Waals surface area contributed by atoms with Crippen LogP contribution in [0.5, 0.6) is 0 Å². The molecule has 2 rings (SSSR count). The molecule has 1 aliphatic heterocycles. The number of fused-ring (bicyclic) bond motifs is 1. The first kappa shape index (κ1) is 9.51. The molecule has 4 heteroatoms. The monoisotopic (exact) mass is 198 g/mol. The molecule has 15 heavy (non-hydrogen) atoms. The van der Waals surface area contributed by atoms with Crippen LogP contribution in [0.2, 0.25) is 0 Å². The van der Waals surface area contributed by atoms with Crippen molar-refractivity contribution in [3.63, 3.8) is 0 Å². The van der Waals surface area contributed by atoms with E-state index in [1.54, 1.807) is 0 Å². The zero-order chi connectivity index (χ0) is 10.7.